The number of hydrazone groups is 3. The summed E-state index contributed by atoms with van der Waals surface area (Å²) >= 11 is 0. The van der Waals surface area contributed by atoms with Gasteiger partial charge in [0.25, 0.3) is 17.7 Å². The van der Waals surface area contributed by atoms with Gasteiger partial charge in [0.05, 0.1) is 35.8 Å². The summed E-state index contributed by atoms with van der Waals surface area (Å²) < 4.78 is 11.1. The standard InChI is InChI=1S/C16H13N5O.C12H13N3O3.C8H13N3O3/c1-11-15(21-14-10-6-5-9-13(14)17-19-21)16(22)20(18-11)12-7-3-2-4-8-12;1-2-18-12(17)10-9(13)11(16)15(14-10)8-6-4-3-5-7-8;1-3-11-7(12)5(9)6(10-11)8(13)14-4-2/h2-10,15H,1H3;3-7,9H,2,13H2,1H3;5H,3-4,9H2,1-2H3. The lowest BCUT2D eigenvalue weighted by molar-refractivity contribution is -0.136. The molecule has 3 aliphatic heterocycles. The molecule has 280 valence electrons. The molecule has 3 unspecified atom stereocenters. The fraction of sp³-hybridized carbons (Fsp3) is 0.278. The first-order valence-corrected chi connectivity index (χ1v) is 17.0. The fourth-order valence-corrected chi connectivity index (χ4v) is 5.38. The van der Waals surface area contributed by atoms with Gasteiger partial charge in [-0.3, -0.25) is 14.4 Å². The van der Waals surface area contributed by atoms with Crippen molar-refractivity contribution in [3.63, 3.8) is 0 Å². The maximum Gasteiger partial charge on any atom is 0.356 e. The number of nitrogens with two attached hydrogens (primary N) is 2. The van der Waals surface area contributed by atoms with Crippen molar-refractivity contribution in [2.75, 3.05) is 29.8 Å². The van der Waals surface area contributed by atoms with E-state index < -0.39 is 36.0 Å². The van der Waals surface area contributed by atoms with Crippen molar-refractivity contribution in [1.82, 2.24) is 20.0 Å². The molecule has 0 aliphatic carbocycles. The smallest absolute Gasteiger partial charge is 0.356 e. The number of esters is 2. The molecule has 0 saturated carbocycles. The lowest BCUT2D eigenvalue weighted by atomic mass is 10.2. The predicted octanol–water partition coefficient (Wildman–Crippen LogP) is 1.77. The Bertz CT molecular complexity index is 2120. The minimum atomic E-state index is -1.07. The molecule has 4 heterocycles. The van der Waals surface area contributed by atoms with E-state index in [1.165, 1.54) is 5.01 Å². The first kappa shape index (κ1) is 38.6. The first-order chi connectivity index (χ1) is 26.0. The predicted molar refractivity (Wildman–Crippen MR) is 199 cm³/mol. The summed E-state index contributed by atoms with van der Waals surface area (Å²) in [5.74, 6) is -2.21. The molecule has 3 amide bonds. The van der Waals surface area contributed by atoms with Crippen LogP contribution in [0.3, 0.4) is 0 Å². The van der Waals surface area contributed by atoms with Gasteiger partial charge in [0.15, 0.2) is 17.5 Å². The van der Waals surface area contributed by atoms with E-state index in [9.17, 15) is 24.0 Å². The Morgan fingerprint density at radius 2 is 1.17 bits per heavy atom. The highest BCUT2D eigenvalue weighted by atomic mass is 16.5. The van der Waals surface area contributed by atoms with Crippen molar-refractivity contribution in [2.24, 2.45) is 26.8 Å². The van der Waals surface area contributed by atoms with Gasteiger partial charge in [-0.05, 0) is 64.1 Å². The Hall–Kier alpha value is -6.66. The molecule has 54 heavy (non-hydrogen) atoms. The average Bonchev–Trinajstić information content (AvgIpc) is 3.91. The zero-order valence-corrected chi connectivity index (χ0v) is 30.0. The highest BCUT2D eigenvalue weighted by Crippen LogP contribution is 2.28. The second-order valence-corrected chi connectivity index (χ2v) is 11.6. The van der Waals surface area contributed by atoms with E-state index >= 15 is 0 Å². The van der Waals surface area contributed by atoms with Crippen molar-refractivity contribution in [3.8, 4) is 0 Å². The van der Waals surface area contributed by atoms with Crippen LogP contribution in [-0.2, 0) is 33.4 Å². The number of fused-ring (bicyclic) bond motifs is 1. The van der Waals surface area contributed by atoms with Crippen molar-refractivity contribution in [2.45, 2.75) is 45.8 Å². The number of para-hydroxylation sites is 3. The van der Waals surface area contributed by atoms with E-state index in [1.807, 2.05) is 67.6 Å². The SMILES string of the molecule is CC1=NN(c2ccccc2)C(=O)C1n1nnc2ccccc21.CCOC(=O)C1=NN(CC)C(=O)C1N.CCOC(=O)C1=NN(c2ccccc2)C(=O)C1N. The number of carbonyl (C=O) groups is 5. The van der Waals surface area contributed by atoms with Crippen LogP contribution in [0.15, 0.2) is 100 Å². The largest absolute Gasteiger partial charge is 0.461 e. The maximum absolute atomic E-state index is 12.8. The summed E-state index contributed by atoms with van der Waals surface area (Å²) in [5, 5.41) is 24.1. The van der Waals surface area contributed by atoms with E-state index in [0.717, 1.165) is 26.7 Å². The van der Waals surface area contributed by atoms with Gasteiger partial charge in [0.1, 0.15) is 17.6 Å². The molecule has 0 fully saturated rings. The summed E-state index contributed by atoms with van der Waals surface area (Å²) in [6, 6.07) is 23.2. The van der Waals surface area contributed by atoms with Crippen LogP contribution in [-0.4, -0.2) is 98.6 Å². The van der Waals surface area contributed by atoms with E-state index in [4.69, 9.17) is 20.9 Å². The summed E-state index contributed by atoms with van der Waals surface area (Å²) in [4.78, 5) is 58.8. The zero-order valence-electron chi connectivity index (χ0n) is 30.0. The summed E-state index contributed by atoms with van der Waals surface area (Å²) in [5.41, 5.74) is 14.7. The van der Waals surface area contributed by atoms with Gasteiger partial charge < -0.3 is 20.9 Å². The zero-order chi connectivity index (χ0) is 38.9. The number of carbonyl (C=O) groups excluding carboxylic acids is 5. The number of rotatable bonds is 8. The monoisotopic (exact) mass is 737 g/mol. The van der Waals surface area contributed by atoms with Crippen molar-refractivity contribution in [3.05, 3.63) is 84.9 Å². The van der Waals surface area contributed by atoms with E-state index in [1.54, 1.807) is 49.7 Å². The van der Waals surface area contributed by atoms with Crippen LogP contribution in [0.1, 0.15) is 33.7 Å². The van der Waals surface area contributed by atoms with Crippen LogP contribution >= 0.6 is 0 Å². The lowest BCUT2D eigenvalue weighted by Gasteiger charge is -2.14. The van der Waals surface area contributed by atoms with Gasteiger partial charge >= 0.3 is 11.9 Å². The number of nitrogens with zero attached hydrogens (tertiary/aromatic N) is 9. The number of anilines is 2. The van der Waals surface area contributed by atoms with Gasteiger partial charge in [-0.15, -0.1) is 5.10 Å². The highest BCUT2D eigenvalue weighted by Gasteiger charge is 2.39. The molecule has 0 saturated heterocycles. The Morgan fingerprint density at radius 3 is 1.70 bits per heavy atom. The third-order valence-electron chi connectivity index (χ3n) is 8.01. The molecular formula is C36H39N11O7. The third-order valence-corrected chi connectivity index (χ3v) is 8.01. The summed E-state index contributed by atoms with van der Waals surface area (Å²) in [6.45, 7) is 7.79. The second kappa shape index (κ2) is 17.2. The first-order valence-electron chi connectivity index (χ1n) is 17.0. The molecule has 4 aromatic rings. The van der Waals surface area contributed by atoms with Gasteiger partial charge in [-0.25, -0.2) is 19.3 Å². The summed E-state index contributed by atoms with van der Waals surface area (Å²) in [7, 11) is 0. The van der Waals surface area contributed by atoms with Gasteiger partial charge in [-0.1, -0.05) is 53.7 Å². The van der Waals surface area contributed by atoms with Crippen molar-refractivity contribution in [1.29, 1.82) is 0 Å². The molecular weight excluding hydrogens is 698 g/mol. The molecule has 4 N–H and O–H groups in total. The van der Waals surface area contributed by atoms with Crippen molar-refractivity contribution < 1.29 is 33.4 Å². The van der Waals surface area contributed by atoms with Crippen LogP contribution in [0.4, 0.5) is 11.4 Å². The topological polar surface area (TPSA) is 233 Å². The molecule has 3 aromatic carbocycles. The second-order valence-electron chi connectivity index (χ2n) is 11.6. The number of ether oxygens (including phenoxy) is 2. The van der Waals surface area contributed by atoms with Crippen LogP contribution in [0.5, 0.6) is 0 Å². The highest BCUT2D eigenvalue weighted by molar-refractivity contribution is 6.46. The number of amides is 3. The molecule has 1 aromatic heterocycles. The quantitative estimate of drug-likeness (QED) is 0.247. The molecule has 0 spiro atoms. The summed E-state index contributed by atoms with van der Waals surface area (Å²) in [6.07, 6.45) is 0. The van der Waals surface area contributed by atoms with Crippen molar-refractivity contribution >= 4 is 69.2 Å². The Labute approximate surface area is 309 Å². The number of aromatic nitrogens is 3. The molecule has 18 heteroatoms. The molecule has 0 radical (unpaired) electrons. The average molecular weight is 738 g/mol. The minimum absolute atomic E-state index is 0.0151. The molecule has 7 rings (SSSR count). The molecule has 3 atom stereocenters. The number of hydrogen-bond donors (Lipinski definition) is 2. The van der Waals surface area contributed by atoms with E-state index in [2.05, 4.69) is 25.6 Å². The van der Waals surface area contributed by atoms with Gasteiger partial charge in [0, 0.05) is 6.54 Å². The van der Waals surface area contributed by atoms with Crippen LogP contribution in [0.25, 0.3) is 11.0 Å². The molecule has 18 nitrogen and oxygen atoms in total. The molecule has 3 aliphatic rings. The Morgan fingerprint density at radius 1 is 0.667 bits per heavy atom. The maximum atomic E-state index is 12.8. The molecule has 0 bridgehead atoms. The normalized spacial score (nSPS) is 19.1. The fourth-order valence-electron chi connectivity index (χ4n) is 5.38. The van der Waals surface area contributed by atoms with Crippen LogP contribution in [0.2, 0.25) is 0 Å². The van der Waals surface area contributed by atoms with Crippen LogP contribution in [0, 0.1) is 0 Å². The van der Waals surface area contributed by atoms with Gasteiger partial charge in [0.2, 0.25) is 0 Å². The Kier molecular flexibility index (Phi) is 12.3. The minimum Gasteiger partial charge on any atom is -0.461 e. The number of likely N-dealkylation sites (N-methyl/N-ethyl adjacent to an activating group) is 1. The van der Waals surface area contributed by atoms with Crippen LogP contribution < -0.4 is 21.5 Å². The van der Waals surface area contributed by atoms with E-state index in [0.29, 0.717) is 17.9 Å². The lowest BCUT2D eigenvalue weighted by Crippen LogP contribution is -2.42. The van der Waals surface area contributed by atoms with E-state index in [-0.39, 0.29) is 36.5 Å². The van der Waals surface area contributed by atoms with Gasteiger partial charge in [-0.2, -0.15) is 25.3 Å². The number of hydrogen-bond acceptors (Lipinski definition) is 14. The number of benzene rings is 3. The Balaban J connectivity index is 0.000000160. The third kappa shape index (κ3) is 8.03.